The van der Waals surface area contributed by atoms with Crippen molar-refractivity contribution in [2.45, 2.75) is 19.4 Å². The zero-order valence-corrected chi connectivity index (χ0v) is 14.8. The summed E-state index contributed by atoms with van der Waals surface area (Å²) in [6, 6.07) is 5.62. The van der Waals surface area contributed by atoms with Crippen molar-refractivity contribution >= 4 is 23.0 Å². The molecule has 0 saturated carbocycles. The van der Waals surface area contributed by atoms with Gasteiger partial charge in [-0.3, -0.25) is 14.6 Å². The number of hydrogen-bond donors (Lipinski definition) is 1. The predicted octanol–water partition coefficient (Wildman–Crippen LogP) is 1.23. The van der Waals surface area contributed by atoms with Crippen molar-refractivity contribution in [1.82, 2.24) is 29.7 Å². The average Bonchev–Trinajstić information content (AvgIpc) is 3.28. The first-order valence-corrected chi connectivity index (χ1v) is 8.96. The molecule has 138 valence electrons. The molecule has 0 atom stereocenters. The lowest BCUT2D eigenvalue weighted by molar-refractivity contribution is -0.127. The molecule has 3 aromatic heterocycles. The average molecular weight is 364 g/mol. The minimum atomic E-state index is -0.210. The molecule has 8 nitrogen and oxygen atoms in total. The Hall–Kier alpha value is -3.29. The van der Waals surface area contributed by atoms with Gasteiger partial charge in [-0.25, -0.2) is 9.97 Å². The number of imidazole rings is 1. The Labute approximate surface area is 156 Å². The van der Waals surface area contributed by atoms with Crippen molar-refractivity contribution in [1.29, 1.82) is 0 Å². The Morgan fingerprint density at radius 2 is 2.19 bits per heavy atom. The number of hydrogen-bond acceptors (Lipinski definition) is 5. The third-order valence-electron chi connectivity index (χ3n) is 4.63. The standard InChI is InChI=1S/C19H20N6O2/c26-17-4-2-7-24(17)8-6-21-19(27)15-9-16-18(22-11-15)25(13-23-16)12-14-3-1-5-20-10-14/h1,3,5,9-11,13H,2,4,6-8,12H2,(H,21,27). The molecule has 4 rings (SSSR count). The van der Waals surface area contributed by atoms with Crippen LogP contribution in [0.25, 0.3) is 11.2 Å². The Kier molecular flexibility index (Phi) is 4.78. The molecule has 1 aliphatic heterocycles. The number of carbonyl (C=O) groups excluding carboxylic acids is 2. The summed E-state index contributed by atoms with van der Waals surface area (Å²) in [5, 5.41) is 2.84. The fraction of sp³-hybridized carbons (Fsp3) is 0.316. The summed E-state index contributed by atoms with van der Waals surface area (Å²) >= 11 is 0. The fourth-order valence-electron chi connectivity index (χ4n) is 3.22. The largest absolute Gasteiger partial charge is 0.350 e. The maximum absolute atomic E-state index is 12.3. The van der Waals surface area contributed by atoms with Gasteiger partial charge in [-0.2, -0.15) is 0 Å². The molecule has 2 amide bonds. The lowest BCUT2D eigenvalue weighted by Gasteiger charge is -2.15. The lowest BCUT2D eigenvalue weighted by Crippen LogP contribution is -2.35. The number of likely N-dealkylation sites (tertiary alicyclic amines) is 1. The van der Waals surface area contributed by atoms with E-state index in [-0.39, 0.29) is 11.8 Å². The molecule has 0 aromatic carbocycles. The van der Waals surface area contributed by atoms with Crippen LogP contribution in [0, 0.1) is 0 Å². The van der Waals surface area contributed by atoms with Crippen LogP contribution in [0.1, 0.15) is 28.8 Å². The fourth-order valence-corrected chi connectivity index (χ4v) is 3.22. The Morgan fingerprint density at radius 1 is 1.26 bits per heavy atom. The minimum absolute atomic E-state index is 0.159. The van der Waals surface area contributed by atoms with Gasteiger partial charge in [0.25, 0.3) is 5.91 Å². The van der Waals surface area contributed by atoms with E-state index < -0.39 is 0 Å². The summed E-state index contributed by atoms with van der Waals surface area (Å²) < 4.78 is 1.92. The van der Waals surface area contributed by atoms with Crippen LogP contribution >= 0.6 is 0 Å². The van der Waals surface area contributed by atoms with Gasteiger partial charge in [0.2, 0.25) is 5.91 Å². The molecule has 4 heterocycles. The number of pyridine rings is 2. The third-order valence-corrected chi connectivity index (χ3v) is 4.63. The van der Waals surface area contributed by atoms with Gasteiger partial charge >= 0.3 is 0 Å². The van der Waals surface area contributed by atoms with Gasteiger partial charge in [0.15, 0.2) is 5.65 Å². The topological polar surface area (TPSA) is 93.0 Å². The molecule has 1 saturated heterocycles. The van der Waals surface area contributed by atoms with Crippen LogP contribution < -0.4 is 5.32 Å². The van der Waals surface area contributed by atoms with E-state index in [1.54, 1.807) is 35.9 Å². The summed E-state index contributed by atoms with van der Waals surface area (Å²) in [4.78, 5) is 38.6. The highest BCUT2D eigenvalue weighted by Gasteiger charge is 2.19. The molecule has 27 heavy (non-hydrogen) atoms. The molecule has 0 aliphatic carbocycles. The zero-order valence-electron chi connectivity index (χ0n) is 14.8. The SMILES string of the molecule is O=C(NCCN1CCCC1=O)c1cnc2c(c1)ncn2Cc1cccnc1. The minimum Gasteiger partial charge on any atom is -0.350 e. The number of nitrogens with one attached hydrogen (secondary N) is 1. The van der Waals surface area contributed by atoms with E-state index in [4.69, 9.17) is 0 Å². The molecular weight excluding hydrogens is 344 g/mol. The van der Waals surface area contributed by atoms with Crippen molar-refractivity contribution in [3.63, 3.8) is 0 Å². The molecule has 0 spiro atoms. The molecular formula is C19H20N6O2. The normalized spacial score (nSPS) is 14.1. The highest BCUT2D eigenvalue weighted by Crippen LogP contribution is 2.14. The first-order chi connectivity index (χ1) is 13.2. The Morgan fingerprint density at radius 3 is 2.96 bits per heavy atom. The third kappa shape index (κ3) is 3.79. The van der Waals surface area contributed by atoms with Crippen LogP contribution in [-0.4, -0.2) is 55.9 Å². The number of amides is 2. The summed E-state index contributed by atoms with van der Waals surface area (Å²) in [6.45, 7) is 2.36. The number of fused-ring (bicyclic) bond motifs is 1. The van der Waals surface area contributed by atoms with Gasteiger partial charge in [0, 0.05) is 44.6 Å². The zero-order chi connectivity index (χ0) is 18.6. The van der Waals surface area contributed by atoms with Gasteiger partial charge < -0.3 is 14.8 Å². The van der Waals surface area contributed by atoms with Crippen LogP contribution in [0.5, 0.6) is 0 Å². The number of nitrogens with zero attached hydrogens (tertiary/aromatic N) is 5. The van der Waals surface area contributed by atoms with E-state index in [1.807, 2.05) is 16.7 Å². The van der Waals surface area contributed by atoms with Crippen molar-refractivity contribution < 1.29 is 9.59 Å². The second-order valence-corrected chi connectivity index (χ2v) is 6.54. The maximum atomic E-state index is 12.3. The first-order valence-electron chi connectivity index (χ1n) is 8.96. The Balaban J connectivity index is 1.41. The van der Waals surface area contributed by atoms with Crippen molar-refractivity contribution in [3.8, 4) is 0 Å². The van der Waals surface area contributed by atoms with E-state index >= 15 is 0 Å². The number of carbonyl (C=O) groups is 2. The molecule has 8 heteroatoms. The highest BCUT2D eigenvalue weighted by atomic mass is 16.2. The van der Waals surface area contributed by atoms with Crippen LogP contribution in [0.4, 0.5) is 0 Å². The molecule has 0 unspecified atom stereocenters. The van der Waals surface area contributed by atoms with Crippen molar-refractivity contribution in [3.05, 3.63) is 54.2 Å². The maximum Gasteiger partial charge on any atom is 0.252 e. The molecule has 3 aromatic rings. The van der Waals surface area contributed by atoms with E-state index in [0.717, 1.165) is 24.2 Å². The smallest absolute Gasteiger partial charge is 0.252 e. The highest BCUT2D eigenvalue weighted by molar-refractivity contribution is 5.96. The van der Waals surface area contributed by atoms with Gasteiger partial charge in [0.05, 0.1) is 18.4 Å². The van der Waals surface area contributed by atoms with Crippen LogP contribution in [0.15, 0.2) is 43.1 Å². The van der Waals surface area contributed by atoms with Crippen molar-refractivity contribution in [2.75, 3.05) is 19.6 Å². The second kappa shape index (κ2) is 7.53. The molecule has 1 aliphatic rings. The number of aromatic nitrogens is 4. The monoisotopic (exact) mass is 364 g/mol. The van der Waals surface area contributed by atoms with E-state index in [0.29, 0.717) is 37.1 Å². The predicted molar refractivity (Wildman–Crippen MR) is 99.0 cm³/mol. The van der Waals surface area contributed by atoms with Crippen molar-refractivity contribution in [2.24, 2.45) is 0 Å². The van der Waals surface area contributed by atoms with Gasteiger partial charge in [-0.05, 0) is 24.1 Å². The van der Waals surface area contributed by atoms with Gasteiger partial charge in [-0.1, -0.05) is 6.07 Å². The molecule has 0 bridgehead atoms. The van der Waals surface area contributed by atoms with Crippen LogP contribution in [0.2, 0.25) is 0 Å². The second-order valence-electron chi connectivity index (χ2n) is 6.54. The quantitative estimate of drug-likeness (QED) is 0.710. The molecule has 1 fully saturated rings. The Bertz CT molecular complexity index is 969. The molecule has 0 radical (unpaired) electrons. The van der Waals surface area contributed by atoms with E-state index in [1.165, 1.54) is 0 Å². The summed E-state index contributed by atoms with van der Waals surface area (Å²) in [5.41, 5.74) is 2.90. The molecule has 1 N–H and O–H groups in total. The number of rotatable bonds is 6. The van der Waals surface area contributed by atoms with Crippen LogP contribution in [0.3, 0.4) is 0 Å². The summed E-state index contributed by atoms with van der Waals surface area (Å²) in [5.74, 6) is -0.0515. The lowest BCUT2D eigenvalue weighted by atomic mass is 10.2. The summed E-state index contributed by atoms with van der Waals surface area (Å²) in [7, 11) is 0. The first kappa shape index (κ1) is 17.1. The van der Waals surface area contributed by atoms with Gasteiger partial charge in [-0.15, -0.1) is 0 Å². The van der Waals surface area contributed by atoms with Crippen LogP contribution in [-0.2, 0) is 11.3 Å². The van der Waals surface area contributed by atoms with E-state index in [9.17, 15) is 9.59 Å². The van der Waals surface area contributed by atoms with Gasteiger partial charge in [0.1, 0.15) is 5.52 Å². The van der Waals surface area contributed by atoms with E-state index in [2.05, 4.69) is 20.3 Å². The summed E-state index contributed by atoms with van der Waals surface area (Å²) in [6.07, 6.45) is 8.31.